The van der Waals surface area contributed by atoms with Crippen LogP contribution >= 0.6 is 11.3 Å². The Balaban J connectivity index is 1.12. The Morgan fingerprint density at radius 3 is 2.58 bits per heavy atom. The Hall–Kier alpha value is -3.39. The van der Waals surface area contributed by atoms with E-state index in [9.17, 15) is 13.6 Å². The van der Waals surface area contributed by atoms with Crippen molar-refractivity contribution in [3.63, 3.8) is 0 Å². The zero-order valence-corrected chi connectivity index (χ0v) is 26.8. The first kappa shape index (κ1) is 31.6. The highest BCUT2D eigenvalue weighted by molar-refractivity contribution is 7.20. The van der Waals surface area contributed by atoms with Gasteiger partial charge in [-0.05, 0) is 86.8 Å². The van der Waals surface area contributed by atoms with E-state index >= 15 is 0 Å². The number of nitrogens with zero attached hydrogens (tertiary/aromatic N) is 1. The van der Waals surface area contributed by atoms with Gasteiger partial charge in [-0.25, -0.2) is 8.78 Å². The maximum atomic E-state index is 13.7. The Labute approximate surface area is 268 Å². The smallest absolute Gasteiger partial charge is 0.251 e. The number of amides is 1. The number of piperidine rings is 1. The average molecular weight is 637 g/mol. The normalized spacial score (nSPS) is 21.2. The Morgan fingerprint density at radius 2 is 1.91 bits per heavy atom. The number of ether oxygens (including phenoxy) is 2. The number of methoxy groups -OCH3 is 1. The van der Waals surface area contributed by atoms with Crippen molar-refractivity contribution in [2.24, 2.45) is 5.41 Å². The summed E-state index contributed by atoms with van der Waals surface area (Å²) in [6.45, 7) is 4.55. The Bertz CT molecular complexity index is 1560. The molecule has 7 nitrogen and oxygen atoms in total. The number of carbonyl (C=O) groups excluding carboxylic acids is 1. The molecule has 3 N–H and O–H groups in total. The third-order valence-electron chi connectivity index (χ3n) is 9.68. The lowest BCUT2D eigenvalue weighted by Crippen LogP contribution is -2.53. The van der Waals surface area contributed by atoms with Crippen LogP contribution < -0.4 is 20.7 Å². The van der Waals surface area contributed by atoms with Crippen LogP contribution in [0, 0.1) is 17.3 Å². The molecule has 1 amide bonds. The highest BCUT2D eigenvalue weighted by Crippen LogP contribution is 2.41. The largest absolute Gasteiger partial charge is 0.495 e. The van der Waals surface area contributed by atoms with E-state index in [2.05, 4.69) is 38.8 Å². The number of hydrogen-bond donors (Lipinski definition) is 3. The molecule has 3 aliphatic rings. The number of carbonyl (C=O) groups is 1. The van der Waals surface area contributed by atoms with E-state index in [-0.39, 0.29) is 18.9 Å². The van der Waals surface area contributed by atoms with Gasteiger partial charge in [0.25, 0.3) is 5.91 Å². The van der Waals surface area contributed by atoms with Crippen LogP contribution in [0.1, 0.15) is 59.3 Å². The number of benzene rings is 2. The number of likely N-dealkylation sites (tertiary alicyclic amines) is 1. The van der Waals surface area contributed by atoms with Gasteiger partial charge < -0.3 is 30.3 Å². The van der Waals surface area contributed by atoms with Gasteiger partial charge in [0.05, 0.1) is 47.8 Å². The molecule has 2 aliphatic heterocycles. The van der Waals surface area contributed by atoms with Crippen LogP contribution in [0.15, 0.2) is 36.4 Å². The second kappa shape index (κ2) is 13.9. The molecular formula is C35H42F2N4O3S. The molecule has 3 aromatic rings. The van der Waals surface area contributed by atoms with Gasteiger partial charge in [-0.3, -0.25) is 4.79 Å². The van der Waals surface area contributed by atoms with E-state index in [1.54, 1.807) is 32.4 Å². The molecule has 3 heterocycles. The maximum absolute atomic E-state index is 13.7. The standard InChI is InChI=1S/C35H42F2N4O3S/c1-38-34(42)23-8-13-28(30(19-23)43-2)39-16-4-7-31-27(20-32(36)37)26-5-3-6-29(33(26)45-31)40-24-9-11-25(12-10-24)41-17-14-35(15-18-41)21-44-22-35/h3,5-6,8,13,19,24-25,32,39-40H,9-12,14-18,20-22H2,1-2H3,(H,38,42). The quantitative estimate of drug-likeness (QED) is 0.237. The van der Waals surface area contributed by atoms with Gasteiger partial charge in [0.1, 0.15) is 5.75 Å². The molecule has 0 bridgehead atoms. The van der Waals surface area contributed by atoms with Crippen LogP contribution in [0.4, 0.5) is 20.2 Å². The minimum Gasteiger partial charge on any atom is -0.495 e. The first-order valence-electron chi connectivity index (χ1n) is 15.9. The molecule has 2 saturated heterocycles. The van der Waals surface area contributed by atoms with Crippen molar-refractivity contribution in [2.75, 3.05) is 57.6 Å². The lowest BCUT2D eigenvalue weighted by molar-refractivity contribution is -0.143. The summed E-state index contributed by atoms with van der Waals surface area (Å²) < 4.78 is 39.4. The summed E-state index contributed by atoms with van der Waals surface area (Å²) in [7, 11) is 3.12. The number of anilines is 2. The van der Waals surface area contributed by atoms with E-state index in [0.717, 1.165) is 41.8 Å². The summed E-state index contributed by atoms with van der Waals surface area (Å²) in [6.07, 6.45) is 4.30. The fraction of sp³-hybridized carbons (Fsp3) is 0.514. The molecule has 2 aromatic carbocycles. The zero-order valence-electron chi connectivity index (χ0n) is 26.0. The molecule has 1 saturated carbocycles. The number of hydrogen-bond acceptors (Lipinski definition) is 7. The molecule has 45 heavy (non-hydrogen) atoms. The molecule has 1 spiro atoms. The number of halogens is 2. The number of nitrogens with one attached hydrogen (secondary N) is 3. The molecule has 0 unspecified atom stereocenters. The van der Waals surface area contributed by atoms with Gasteiger partial charge in [0.15, 0.2) is 0 Å². The van der Waals surface area contributed by atoms with E-state index in [1.165, 1.54) is 50.1 Å². The molecule has 10 heteroatoms. The molecule has 3 fully saturated rings. The van der Waals surface area contributed by atoms with E-state index < -0.39 is 6.43 Å². The summed E-state index contributed by atoms with van der Waals surface area (Å²) in [6, 6.07) is 12.1. The van der Waals surface area contributed by atoms with Crippen molar-refractivity contribution >= 4 is 38.7 Å². The van der Waals surface area contributed by atoms with Crippen LogP contribution in [0.3, 0.4) is 0 Å². The molecule has 240 valence electrons. The molecule has 6 rings (SSSR count). The predicted molar refractivity (Wildman–Crippen MR) is 177 cm³/mol. The third kappa shape index (κ3) is 7.06. The van der Waals surface area contributed by atoms with Gasteiger partial charge in [0.2, 0.25) is 6.43 Å². The summed E-state index contributed by atoms with van der Waals surface area (Å²) in [5.41, 5.74) is 3.27. The predicted octanol–water partition coefficient (Wildman–Crippen LogP) is 6.38. The van der Waals surface area contributed by atoms with Crippen molar-refractivity contribution in [1.29, 1.82) is 0 Å². The van der Waals surface area contributed by atoms with Gasteiger partial charge in [-0.15, -0.1) is 11.3 Å². The minimum absolute atomic E-state index is 0.201. The number of fused-ring (bicyclic) bond motifs is 1. The van der Waals surface area contributed by atoms with Crippen LogP contribution in [-0.2, 0) is 11.2 Å². The minimum atomic E-state index is -2.46. The molecule has 0 atom stereocenters. The second-order valence-electron chi connectivity index (χ2n) is 12.5. The Morgan fingerprint density at radius 1 is 1.13 bits per heavy atom. The highest BCUT2D eigenvalue weighted by Gasteiger charge is 2.42. The lowest BCUT2D eigenvalue weighted by Gasteiger charge is -2.49. The summed E-state index contributed by atoms with van der Waals surface area (Å²) in [5, 5.41) is 10.4. The average Bonchev–Trinajstić information content (AvgIpc) is 3.39. The van der Waals surface area contributed by atoms with Crippen molar-refractivity contribution in [3.8, 4) is 17.6 Å². The fourth-order valence-electron chi connectivity index (χ4n) is 6.98. The third-order valence-corrected chi connectivity index (χ3v) is 10.9. The molecule has 0 radical (unpaired) electrons. The van der Waals surface area contributed by atoms with Crippen molar-refractivity contribution in [3.05, 3.63) is 52.4 Å². The van der Waals surface area contributed by atoms with Crippen LogP contribution in [-0.4, -0.2) is 76.3 Å². The molecular weight excluding hydrogens is 594 g/mol. The van der Waals surface area contributed by atoms with E-state index in [4.69, 9.17) is 9.47 Å². The van der Waals surface area contributed by atoms with E-state index in [1.807, 2.05) is 12.1 Å². The van der Waals surface area contributed by atoms with Crippen LogP contribution in [0.25, 0.3) is 10.1 Å². The zero-order chi connectivity index (χ0) is 31.4. The first-order valence-corrected chi connectivity index (χ1v) is 16.7. The van der Waals surface area contributed by atoms with Crippen molar-refractivity contribution in [2.45, 2.75) is 63.5 Å². The first-order chi connectivity index (χ1) is 21.9. The van der Waals surface area contributed by atoms with Gasteiger partial charge >= 0.3 is 0 Å². The van der Waals surface area contributed by atoms with Gasteiger partial charge in [-0.2, -0.15) is 0 Å². The SMILES string of the molecule is CNC(=O)c1ccc(NCC#Cc2sc3c(NC4CCC(N5CCC6(CC5)COC6)CC4)cccc3c2CC(F)F)c(OC)c1. The van der Waals surface area contributed by atoms with Gasteiger partial charge in [0, 0.05) is 36.5 Å². The molecule has 1 aromatic heterocycles. The van der Waals surface area contributed by atoms with Crippen LogP contribution in [0.5, 0.6) is 5.75 Å². The number of thiophene rings is 1. The van der Waals surface area contributed by atoms with Crippen LogP contribution in [0.2, 0.25) is 0 Å². The fourth-order valence-corrected chi connectivity index (χ4v) is 8.16. The topological polar surface area (TPSA) is 74.9 Å². The number of alkyl halides is 2. The lowest BCUT2D eigenvalue weighted by atomic mass is 9.76. The maximum Gasteiger partial charge on any atom is 0.251 e. The summed E-state index contributed by atoms with van der Waals surface area (Å²) in [4.78, 5) is 15.3. The van der Waals surface area contributed by atoms with Crippen molar-refractivity contribution in [1.82, 2.24) is 10.2 Å². The Kier molecular flexibility index (Phi) is 9.78. The van der Waals surface area contributed by atoms with Crippen molar-refractivity contribution < 1.29 is 23.0 Å². The van der Waals surface area contributed by atoms with E-state index in [0.29, 0.717) is 44.9 Å². The number of rotatable bonds is 9. The molecule has 1 aliphatic carbocycles. The second-order valence-corrected chi connectivity index (χ2v) is 13.5. The summed E-state index contributed by atoms with van der Waals surface area (Å²) in [5.74, 6) is 6.60. The monoisotopic (exact) mass is 636 g/mol. The van der Waals surface area contributed by atoms with Gasteiger partial charge in [-0.1, -0.05) is 24.0 Å². The summed E-state index contributed by atoms with van der Waals surface area (Å²) >= 11 is 1.49. The highest BCUT2D eigenvalue weighted by atomic mass is 32.1.